The van der Waals surface area contributed by atoms with Gasteiger partial charge in [-0.15, -0.1) is 0 Å². The number of aryl methyl sites for hydroxylation is 1. The van der Waals surface area contributed by atoms with Gasteiger partial charge in [-0.3, -0.25) is 9.88 Å². The first-order valence-corrected chi connectivity index (χ1v) is 9.71. The first-order valence-electron chi connectivity index (χ1n) is 9.71. The number of benzene rings is 2. The highest BCUT2D eigenvalue weighted by molar-refractivity contribution is 5.27. The van der Waals surface area contributed by atoms with Gasteiger partial charge in [0.2, 0.25) is 0 Å². The largest absolute Gasteiger partial charge is 0.379 e. The minimum absolute atomic E-state index is 0.201. The Balaban J connectivity index is 1.63. The Morgan fingerprint density at radius 2 is 1.71 bits per heavy atom. The second-order valence-corrected chi connectivity index (χ2v) is 7.45. The van der Waals surface area contributed by atoms with Crippen LogP contribution in [-0.2, 0) is 17.8 Å². The van der Waals surface area contributed by atoms with Crippen LogP contribution < -0.4 is 0 Å². The van der Waals surface area contributed by atoms with Crippen LogP contribution >= 0.6 is 0 Å². The maximum Gasteiger partial charge on any atom is 0.123 e. The number of aromatic nitrogens is 1. The third-order valence-electron chi connectivity index (χ3n) is 5.59. The predicted molar refractivity (Wildman–Crippen MR) is 108 cm³/mol. The Morgan fingerprint density at radius 1 is 0.964 bits per heavy atom. The van der Waals surface area contributed by atoms with E-state index in [4.69, 9.17) is 4.74 Å². The molecule has 28 heavy (non-hydrogen) atoms. The third-order valence-corrected chi connectivity index (χ3v) is 5.59. The molecule has 0 spiro atoms. The Bertz CT molecular complexity index is 898. The normalized spacial score (nSPS) is 19.2. The molecule has 1 aromatic heterocycles. The van der Waals surface area contributed by atoms with Gasteiger partial charge in [0.1, 0.15) is 5.82 Å². The molecule has 3 nitrogen and oxygen atoms in total. The summed E-state index contributed by atoms with van der Waals surface area (Å²) < 4.78 is 19.3. The molecule has 3 aromatic rings. The Hall–Kier alpha value is -2.56. The zero-order valence-corrected chi connectivity index (χ0v) is 16.1. The van der Waals surface area contributed by atoms with Gasteiger partial charge in [0.15, 0.2) is 0 Å². The fourth-order valence-electron chi connectivity index (χ4n) is 3.95. The van der Waals surface area contributed by atoms with Gasteiger partial charge >= 0.3 is 0 Å². The molecule has 4 rings (SSSR count). The summed E-state index contributed by atoms with van der Waals surface area (Å²) in [7, 11) is 0. The Morgan fingerprint density at radius 3 is 2.46 bits per heavy atom. The number of rotatable bonds is 6. The highest BCUT2D eigenvalue weighted by Crippen LogP contribution is 2.32. The summed E-state index contributed by atoms with van der Waals surface area (Å²) in [5, 5.41) is 0. The van der Waals surface area contributed by atoms with Gasteiger partial charge in [0, 0.05) is 37.4 Å². The molecule has 0 amide bonds. The van der Waals surface area contributed by atoms with Crippen LogP contribution in [0.2, 0.25) is 0 Å². The lowest BCUT2D eigenvalue weighted by Gasteiger charge is -2.32. The van der Waals surface area contributed by atoms with Crippen LogP contribution in [0, 0.1) is 12.7 Å². The number of hydrogen-bond donors (Lipinski definition) is 0. The second-order valence-electron chi connectivity index (χ2n) is 7.45. The average molecular weight is 376 g/mol. The van der Waals surface area contributed by atoms with Crippen LogP contribution in [-0.4, -0.2) is 29.1 Å². The highest BCUT2D eigenvalue weighted by Gasteiger charge is 2.34. The summed E-state index contributed by atoms with van der Waals surface area (Å²) in [5.74, 6) is 0.0271. The molecule has 0 saturated carbocycles. The Kier molecular flexibility index (Phi) is 5.79. The molecular formula is C24H25FN2O. The number of pyridine rings is 1. The van der Waals surface area contributed by atoms with Gasteiger partial charge < -0.3 is 4.74 Å². The molecule has 2 atom stereocenters. The minimum Gasteiger partial charge on any atom is -0.379 e. The molecular weight excluding hydrogens is 351 g/mol. The van der Waals surface area contributed by atoms with Gasteiger partial charge in [-0.2, -0.15) is 0 Å². The second kappa shape index (κ2) is 8.63. The van der Waals surface area contributed by atoms with E-state index in [0.717, 1.165) is 18.7 Å². The van der Waals surface area contributed by atoms with Gasteiger partial charge in [-0.25, -0.2) is 4.39 Å². The van der Waals surface area contributed by atoms with E-state index in [1.54, 1.807) is 12.1 Å². The Labute approximate surface area is 165 Å². The van der Waals surface area contributed by atoms with Crippen molar-refractivity contribution in [1.29, 1.82) is 0 Å². The van der Waals surface area contributed by atoms with Crippen molar-refractivity contribution in [1.82, 2.24) is 9.88 Å². The van der Waals surface area contributed by atoms with E-state index in [1.165, 1.54) is 16.7 Å². The minimum atomic E-state index is -0.201. The smallest absolute Gasteiger partial charge is 0.123 e. The summed E-state index contributed by atoms with van der Waals surface area (Å²) in [4.78, 5) is 6.63. The summed E-state index contributed by atoms with van der Waals surface area (Å²) in [6.07, 6.45) is 3.67. The van der Waals surface area contributed by atoms with Crippen molar-refractivity contribution in [3.05, 3.63) is 101 Å². The molecule has 4 heteroatoms. The lowest BCUT2D eigenvalue weighted by Crippen LogP contribution is -2.38. The molecule has 0 N–H and O–H groups in total. The SMILES string of the molecule is Cc1ccccc1CN(Cc1ccncc1)[C@@H]1COC[C@H]1c1ccc(F)cc1. The summed E-state index contributed by atoms with van der Waals surface area (Å²) in [5.41, 5.74) is 4.97. The molecule has 1 aliphatic rings. The van der Waals surface area contributed by atoms with Crippen molar-refractivity contribution in [2.24, 2.45) is 0 Å². The quantitative estimate of drug-likeness (QED) is 0.623. The monoisotopic (exact) mass is 376 g/mol. The topological polar surface area (TPSA) is 25.4 Å². The van der Waals surface area contributed by atoms with Crippen molar-refractivity contribution in [3.8, 4) is 0 Å². The van der Waals surface area contributed by atoms with E-state index < -0.39 is 0 Å². The zero-order chi connectivity index (χ0) is 19.3. The first kappa shape index (κ1) is 18.8. The van der Waals surface area contributed by atoms with Crippen molar-refractivity contribution < 1.29 is 9.13 Å². The van der Waals surface area contributed by atoms with Crippen LogP contribution in [0.3, 0.4) is 0 Å². The molecule has 0 bridgehead atoms. The summed E-state index contributed by atoms with van der Waals surface area (Å²) in [6.45, 7) is 5.17. The molecule has 2 heterocycles. The lowest BCUT2D eigenvalue weighted by atomic mass is 9.92. The maximum atomic E-state index is 13.4. The zero-order valence-electron chi connectivity index (χ0n) is 16.1. The first-order chi connectivity index (χ1) is 13.7. The molecule has 0 aliphatic carbocycles. The lowest BCUT2D eigenvalue weighted by molar-refractivity contribution is 0.132. The van der Waals surface area contributed by atoms with E-state index in [-0.39, 0.29) is 17.8 Å². The third kappa shape index (κ3) is 4.29. The van der Waals surface area contributed by atoms with Crippen molar-refractivity contribution in [3.63, 3.8) is 0 Å². The molecule has 1 fully saturated rings. The van der Waals surface area contributed by atoms with Gasteiger partial charge in [-0.05, 0) is 53.4 Å². The maximum absolute atomic E-state index is 13.4. The van der Waals surface area contributed by atoms with Crippen LogP contribution in [0.4, 0.5) is 4.39 Å². The van der Waals surface area contributed by atoms with Crippen LogP contribution in [0.25, 0.3) is 0 Å². The van der Waals surface area contributed by atoms with E-state index in [1.807, 2.05) is 24.5 Å². The number of hydrogen-bond acceptors (Lipinski definition) is 3. The predicted octanol–water partition coefficient (Wildman–Crippen LogP) is 4.71. The van der Waals surface area contributed by atoms with Gasteiger partial charge in [-0.1, -0.05) is 36.4 Å². The molecule has 1 saturated heterocycles. The molecule has 2 aromatic carbocycles. The van der Waals surface area contributed by atoms with Gasteiger partial charge in [0.05, 0.1) is 13.2 Å². The van der Waals surface area contributed by atoms with E-state index in [0.29, 0.717) is 13.2 Å². The van der Waals surface area contributed by atoms with E-state index >= 15 is 0 Å². The molecule has 0 unspecified atom stereocenters. The van der Waals surface area contributed by atoms with Crippen LogP contribution in [0.1, 0.15) is 28.2 Å². The summed E-state index contributed by atoms with van der Waals surface area (Å²) >= 11 is 0. The number of halogens is 1. The average Bonchev–Trinajstić information content (AvgIpc) is 3.20. The van der Waals surface area contributed by atoms with E-state index in [9.17, 15) is 4.39 Å². The van der Waals surface area contributed by atoms with Crippen LogP contribution in [0.5, 0.6) is 0 Å². The highest BCUT2D eigenvalue weighted by atomic mass is 19.1. The molecule has 0 radical (unpaired) electrons. The fourth-order valence-corrected chi connectivity index (χ4v) is 3.95. The van der Waals surface area contributed by atoms with Crippen molar-refractivity contribution in [2.75, 3.05) is 13.2 Å². The number of nitrogens with zero attached hydrogens (tertiary/aromatic N) is 2. The van der Waals surface area contributed by atoms with Gasteiger partial charge in [0.25, 0.3) is 0 Å². The van der Waals surface area contributed by atoms with E-state index in [2.05, 4.69) is 53.2 Å². The molecule has 1 aliphatic heterocycles. The summed E-state index contributed by atoms with van der Waals surface area (Å²) in [6, 6.07) is 19.7. The fraction of sp³-hybridized carbons (Fsp3) is 0.292. The standard InChI is InChI=1S/C24H25FN2O/c1-18-4-2-3-5-21(18)15-27(14-19-10-12-26-13-11-19)24-17-28-16-23(24)20-6-8-22(25)9-7-20/h2-13,23-24H,14-17H2,1H3/t23-,24+/m0/s1. The molecule has 144 valence electrons. The van der Waals surface area contributed by atoms with Crippen LogP contribution in [0.15, 0.2) is 73.1 Å². The van der Waals surface area contributed by atoms with Crippen molar-refractivity contribution in [2.45, 2.75) is 32.0 Å². The number of ether oxygens (including phenoxy) is 1. The van der Waals surface area contributed by atoms with Crippen molar-refractivity contribution >= 4 is 0 Å².